The molecule has 152 valence electrons. The summed E-state index contributed by atoms with van der Waals surface area (Å²) in [5.74, 6) is -0.575. The number of amides is 1. The van der Waals surface area contributed by atoms with Gasteiger partial charge in [0.25, 0.3) is 5.91 Å². The van der Waals surface area contributed by atoms with E-state index in [9.17, 15) is 18.0 Å². The van der Waals surface area contributed by atoms with Gasteiger partial charge < -0.3 is 5.32 Å². The largest absolute Gasteiger partial charge is 0.433 e. The number of hydrogen-bond acceptors (Lipinski definition) is 3. The number of benzene rings is 2. The Balaban J connectivity index is 1.71. The van der Waals surface area contributed by atoms with Crippen molar-refractivity contribution in [2.24, 2.45) is 0 Å². The van der Waals surface area contributed by atoms with Gasteiger partial charge in [-0.05, 0) is 18.6 Å². The highest BCUT2D eigenvalue weighted by atomic mass is 19.4. The Bertz CT molecular complexity index is 1200. The third-order valence-electron chi connectivity index (χ3n) is 4.59. The zero-order valence-corrected chi connectivity index (χ0v) is 15.9. The maximum Gasteiger partial charge on any atom is 0.433 e. The molecule has 0 aliphatic rings. The summed E-state index contributed by atoms with van der Waals surface area (Å²) >= 11 is 0. The van der Waals surface area contributed by atoms with Crippen LogP contribution in [0.2, 0.25) is 0 Å². The van der Waals surface area contributed by atoms with E-state index in [0.717, 1.165) is 17.2 Å². The Kier molecular flexibility index (Phi) is 4.99. The molecule has 1 N–H and O–H groups in total. The number of halogens is 3. The van der Waals surface area contributed by atoms with Crippen LogP contribution in [0, 0.1) is 6.92 Å². The SMILES string of the molecule is Cc1ccc(-c2cc(C(F)(F)F)n3nc(C(=O)NCc4ccccc4)cc3n2)cc1. The maximum atomic E-state index is 13.7. The fraction of sp³-hybridized carbons (Fsp3) is 0.136. The van der Waals surface area contributed by atoms with Gasteiger partial charge in [-0.1, -0.05) is 60.2 Å². The predicted molar refractivity (Wildman–Crippen MR) is 106 cm³/mol. The fourth-order valence-corrected chi connectivity index (χ4v) is 3.03. The highest BCUT2D eigenvalue weighted by Crippen LogP contribution is 2.32. The second-order valence-corrected chi connectivity index (χ2v) is 6.86. The van der Waals surface area contributed by atoms with E-state index in [1.165, 1.54) is 6.07 Å². The number of carbonyl (C=O) groups excluding carboxylic acids is 1. The number of alkyl halides is 3. The van der Waals surface area contributed by atoms with E-state index in [2.05, 4.69) is 15.4 Å². The van der Waals surface area contributed by atoms with Crippen LogP contribution in [-0.4, -0.2) is 20.5 Å². The summed E-state index contributed by atoms with van der Waals surface area (Å²) in [4.78, 5) is 16.7. The Morgan fingerprint density at radius 3 is 2.40 bits per heavy atom. The lowest BCUT2D eigenvalue weighted by Gasteiger charge is -2.11. The van der Waals surface area contributed by atoms with Crippen LogP contribution in [0.1, 0.15) is 27.3 Å². The number of aryl methyl sites for hydroxylation is 1. The molecule has 0 unspecified atom stereocenters. The first kappa shape index (κ1) is 19.6. The quantitative estimate of drug-likeness (QED) is 0.533. The summed E-state index contributed by atoms with van der Waals surface area (Å²) < 4.78 is 41.7. The van der Waals surface area contributed by atoms with Crippen molar-refractivity contribution in [1.82, 2.24) is 19.9 Å². The van der Waals surface area contributed by atoms with Crippen LogP contribution in [0.4, 0.5) is 13.2 Å². The molecule has 5 nitrogen and oxygen atoms in total. The van der Waals surface area contributed by atoms with E-state index in [0.29, 0.717) is 10.1 Å². The van der Waals surface area contributed by atoms with Crippen molar-refractivity contribution >= 4 is 11.6 Å². The van der Waals surface area contributed by atoms with Gasteiger partial charge in [-0.2, -0.15) is 18.3 Å². The van der Waals surface area contributed by atoms with Gasteiger partial charge in [0, 0.05) is 18.2 Å². The molecule has 2 aromatic heterocycles. The first-order valence-corrected chi connectivity index (χ1v) is 9.18. The topological polar surface area (TPSA) is 59.3 Å². The molecule has 1 amide bonds. The standard InChI is InChI=1S/C22H17F3N4O/c1-14-7-9-16(10-8-14)17-11-19(22(23,24)25)29-20(27-17)12-18(28-29)21(30)26-13-15-5-3-2-4-6-15/h2-12H,13H2,1H3,(H,26,30). The van der Waals surface area contributed by atoms with Crippen molar-refractivity contribution in [3.63, 3.8) is 0 Å². The number of fused-ring (bicyclic) bond motifs is 1. The van der Waals surface area contributed by atoms with Crippen molar-refractivity contribution in [3.8, 4) is 11.3 Å². The summed E-state index contributed by atoms with van der Waals surface area (Å²) in [5.41, 5.74) is 1.37. The molecular formula is C22H17F3N4O. The Labute approximate surface area is 170 Å². The van der Waals surface area contributed by atoms with Gasteiger partial charge in [0.2, 0.25) is 0 Å². The van der Waals surface area contributed by atoms with Gasteiger partial charge in [-0.25, -0.2) is 9.50 Å². The minimum atomic E-state index is -4.66. The van der Waals surface area contributed by atoms with Crippen LogP contribution in [0.25, 0.3) is 16.9 Å². The Morgan fingerprint density at radius 2 is 1.73 bits per heavy atom. The number of nitrogens with one attached hydrogen (secondary N) is 1. The molecular weight excluding hydrogens is 393 g/mol. The van der Waals surface area contributed by atoms with Gasteiger partial charge >= 0.3 is 6.18 Å². The van der Waals surface area contributed by atoms with Crippen LogP contribution in [-0.2, 0) is 12.7 Å². The zero-order chi connectivity index (χ0) is 21.3. The van der Waals surface area contributed by atoms with E-state index in [4.69, 9.17) is 0 Å². The molecule has 0 saturated heterocycles. The van der Waals surface area contributed by atoms with Gasteiger partial charge in [0.1, 0.15) is 0 Å². The molecule has 0 bridgehead atoms. The van der Waals surface area contributed by atoms with Crippen LogP contribution in [0.5, 0.6) is 0 Å². The van der Waals surface area contributed by atoms with E-state index in [1.807, 2.05) is 37.3 Å². The third-order valence-corrected chi connectivity index (χ3v) is 4.59. The van der Waals surface area contributed by atoms with Crippen LogP contribution in [0.15, 0.2) is 66.7 Å². The Hall–Kier alpha value is -3.68. The number of hydrogen-bond donors (Lipinski definition) is 1. The van der Waals surface area contributed by atoms with Gasteiger partial charge in [0.05, 0.1) is 5.69 Å². The summed E-state index contributed by atoms with van der Waals surface area (Å²) in [6.45, 7) is 2.13. The molecule has 4 rings (SSSR count). The maximum absolute atomic E-state index is 13.7. The first-order chi connectivity index (χ1) is 14.3. The monoisotopic (exact) mass is 410 g/mol. The molecule has 0 spiro atoms. The Morgan fingerprint density at radius 1 is 1.03 bits per heavy atom. The molecule has 0 fully saturated rings. The number of nitrogens with zero attached hydrogens (tertiary/aromatic N) is 3. The third kappa shape index (κ3) is 4.03. The van der Waals surface area contributed by atoms with Crippen molar-refractivity contribution < 1.29 is 18.0 Å². The molecule has 0 aliphatic heterocycles. The second kappa shape index (κ2) is 7.62. The molecule has 2 heterocycles. The fourth-order valence-electron chi connectivity index (χ4n) is 3.03. The predicted octanol–water partition coefficient (Wildman–Crippen LogP) is 4.65. The highest BCUT2D eigenvalue weighted by Gasteiger charge is 2.35. The van der Waals surface area contributed by atoms with Gasteiger partial charge in [0.15, 0.2) is 17.0 Å². The first-order valence-electron chi connectivity index (χ1n) is 9.18. The van der Waals surface area contributed by atoms with E-state index in [-0.39, 0.29) is 23.6 Å². The minimum Gasteiger partial charge on any atom is -0.347 e. The van der Waals surface area contributed by atoms with Crippen LogP contribution in [0.3, 0.4) is 0 Å². The molecule has 4 aromatic rings. The van der Waals surface area contributed by atoms with Crippen molar-refractivity contribution in [2.45, 2.75) is 19.6 Å². The van der Waals surface area contributed by atoms with E-state index >= 15 is 0 Å². The average Bonchev–Trinajstić information content (AvgIpc) is 3.16. The average molecular weight is 410 g/mol. The highest BCUT2D eigenvalue weighted by molar-refractivity contribution is 5.93. The molecule has 0 atom stereocenters. The molecule has 8 heteroatoms. The van der Waals surface area contributed by atoms with Gasteiger partial charge in [-0.3, -0.25) is 4.79 Å². The van der Waals surface area contributed by atoms with Crippen molar-refractivity contribution in [2.75, 3.05) is 0 Å². The van der Waals surface area contributed by atoms with Gasteiger partial charge in [-0.15, -0.1) is 0 Å². The minimum absolute atomic E-state index is 0.0507. The molecule has 2 aromatic carbocycles. The smallest absolute Gasteiger partial charge is 0.347 e. The molecule has 0 aliphatic carbocycles. The van der Waals surface area contributed by atoms with E-state index < -0.39 is 17.8 Å². The summed E-state index contributed by atoms with van der Waals surface area (Å²) in [7, 11) is 0. The normalized spacial score (nSPS) is 11.6. The van der Waals surface area contributed by atoms with E-state index in [1.54, 1.807) is 24.3 Å². The number of rotatable bonds is 4. The lowest BCUT2D eigenvalue weighted by atomic mass is 10.1. The van der Waals surface area contributed by atoms with Crippen LogP contribution < -0.4 is 5.32 Å². The molecule has 0 radical (unpaired) electrons. The number of aromatic nitrogens is 3. The number of carbonyl (C=O) groups is 1. The summed E-state index contributed by atoms with van der Waals surface area (Å²) in [6.07, 6.45) is -4.66. The summed E-state index contributed by atoms with van der Waals surface area (Å²) in [5, 5.41) is 6.53. The zero-order valence-electron chi connectivity index (χ0n) is 15.9. The van der Waals surface area contributed by atoms with Crippen molar-refractivity contribution in [3.05, 3.63) is 89.2 Å². The molecule has 0 saturated carbocycles. The lowest BCUT2D eigenvalue weighted by Crippen LogP contribution is -2.23. The lowest BCUT2D eigenvalue weighted by molar-refractivity contribution is -0.142. The van der Waals surface area contributed by atoms with Crippen LogP contribution >= 0.6 is 0 Å². The second-order valence-electron chi connectivity index (χ2n) is 6.86. The molecule has 30 heavy (non-hydrogen) atoms. The van der Waals surface area contributed by atoms with Crippen molar-refractivity contribution in [1.29, 1.82) is 0 Å². The summed E-state index contributed by atoms with van der Waals surface area (Å²) in [6, 6.07) is 18.4.